The van der Waals surface area contributed by atoms with Gasteiger partial charge in [-0.1, -0.05) is 30.3 Å². The lowest BCUT2D eigenvalue weighted by molar-refractivity contribution is 0.194. The van der Waals surface area contributed by atoms with Crippen LogP contribution < -0.4 is 5.32 Å². The third kappa shape index (κ3) is 3.59. The minimum atomic E-state index is -0.119. The van der Waals surface area contributed by atoms with Crippen LogP contribution in [0.25, 0.3) is 16.6 Å². The zero-order valence-electron chi connectivity index (χ0n) is 15.8. The van der Waals surface area contributed by atoms with Crippen molar-refractivity contribution in [1.29, 1.82) is 0 Å². The largest absolute Gasteiger partial charge is 0.357 e. The van der Waals surface area contributed by atoms with Crippen molar-refractivity contribution in [2.75, 3.05) is 7.05 Å². The Morgan fingerprint density at radius 3 is 2.71 bits per heavy atom. The highest BCUT2D eigenvalue weighted by Gasteiger charge is 2.17. The summed E-state index contributed by atoms with van der Waals surface area (Å²) in [7, 11) is 1.80. The number of nitrogens with one attached hydrogen (secondary N) is 2. The summed E-state index contributed by atoms with van der Waals surface area (Å²) in [5, 5.41) is 8.24. The smallest absolute Gasteiger partial charge is 0.317 e. The predicted octanol–water partition coefficient (Wildman–Crippen LogP) is 3.65. The first-order valence-electron chi connectivity index (χ1n) is 9.14. The summed E-state index contributed by atoms with van der Waals surface area (Å²) in [5.41, 5.74) is 4.03. The van der Waals surface area contributed by atoms with Crippen molar-refractivity contribution in [2.45, 2.75) is 19.5 Å². The van der Waals surface area contributed by atoms with Crippen LogP contribution in [-0.2, 0) is 6.54 Å². The van der Waals surface area contributed by atoms with Gasteiger partial charge < -0.3 is 15.2 Å². The maximum atomic E-state index is 12.6. The molecule has 2 heterocycles. The maximum Gasteiger partial charge on any atom is 0.317 e. The van der Waals surface area contributed by atoms with E-state index >= 15 is 0 Å². The monoisotopic (exact) mass is 374 g/mol. The number of aromatic amines is 1. The number of hydrogen-bond donors (Lipinski definition) is 2. The number of nitrogens with zero attached hydrogens (tertiary/aromatic N) is 4. The maximum absolute atomic E-state index is 12.6. The van der Waals surface area contributed by atoms with E-state index < -0.39 is 0 Å². The standard InChI is InChI=1S/C21H22N6O/c1-15(16-7-9-19(10-8-16)27-14-22-13-24-27)26(2)21(28)23-12-18-11-17-5-3-4-6-20(17)25-18/h3-11,13-15,25H,12H2,1-2H3,(H,23,28). The number of amides is 2. The molecule has 0 saturated heterocycles. The number of aromatic nitrogens is 4. The number of H-pyrrole nitrogens is 1. The Balaban J connectivity index is 1.38. The molecule has 0 radical (unpaired) electrons. The Labute approximate surface area is 163 Å². The van der Waals surface area contributed by atoms with E-state index in [1.54, 1.807) is 23.0 Å². The van der Waals surface area contributed by atoms with Crippen LogP contribution in [0.3, 0.4) is 0 Å². The SMILES string of the molecule is CC(c1ccc(-n2cncn2)cc1)N(C)C(=O)NCc1cc2ccccc2[nH]1. The number of rotatable bonds is 5. The Morgan fingerprint density at radius 1 is 1.21 bits per heavy atom. The highest BCUT2D eigenvalue weighted by atomic mass is 16.2. The summed E-state index contributed by atoms with van der Waals surface area (Å²) in [4.78, 5) is 21.6. The van der Waals surface area contributed by atoms with Crippen molar-refractivity contribution >= 4 is 16.9 Å². The fraction of sp³-hybridized carbons (Fsp3) is 0.190. The topological polar surface area (TPSA) is 78.8 Å². The summed E-state index contributed by atoms with van der Waals surface area (Å²) in [6.07, 6.45) is 3.16. The molecule has 1 atom stereocenters. The molecule has 2 aromatic heterocycles. The van der Waals surface area contributed by atoms with E-state index in [-0.39, 0.29) is 12.1 Å². The zero-order valence-corrected chi connectivity index (χ0v) is 15.8. The predicted molar refractivity (Wildman–Crippen MR) is 108 cm³/mol. The molecule has 0 fully saturated rings. The molecule has 1 unspecified atom stereocenters. The van der Waals surface area contributed by atoms with Crippen LogP contribution in [0, 0.1) is 0 Å². The second-order valence-electron chi connectivity index (χ2n) is 6.76. The van der Waals surface area contributed by atoms with Gasteiger partial charge in [-0.15, -0.1) is 0 Å². The molecule has 7 nitrogen and oxygen atoms in total. The molecule has 2 aromatic carbocycles. The summed E-state index contributed by atoms with van der Waals surface area (Å²) in [6, 6.07) is 17.9. The number of para-hydroxylation sites is 1. The fourth-order valence-corrected chi connectivity index (χ4v) is 3.17. The first kappa shape index (κ1) is 17.8. The van der Waals surface area contributed by atoms with Gasteiger partial charge in [0, 0.05) is 18.3 Å². The Morgan fingerprint density at radius 2 is 2.00 bits per heavy atom. The van der Waals surface area contributed by atoms with Crippen LogP contribution in [-0.4, -0.2) is 37.7 Å². The number of fused-ring (bicyclic) bond motifs is 1. The van der Waals surface area contributed by atoms with Gasteiger partial charge >= 0.3 is 6.03 Å². The molecule has 2 N–H and O–H groups in total. The van der Waals surface area contributed by atoms with Gasteiger partial charge in [0.1, 0.15) is 12.7 Å². The van der Waals surface area contributed by atoms with Gasteiger partial charge in [-0.3, -0.25) is 0 Å². The molecule has 28 heavy (non-hydrogen) atoms. The van der Waals surface area contributed by atoms with E-state index in [0.29, 0.717) is 6.54 Å². The number of benzene rings is 2. The van der Waals surface area contributed by atoms with E-state index in [0.717, 1.165) is 27.8 Å². The van der Waals surface area contributed by atoms with Crippen LogP contribution in [0.4, 0.5) is 4.79 Å². The first-order chi connectivity index (χ1) is 13.6. The number of carbonyl (C=O) groups excluding carboxylic acids is 1. The lowest BCUT2D eigenvalue weighted by Crippen LogP contribution is -2.38. The molecule has 0 aliphatic heterocycles. The van der Waals surface area contributed by atoms with Crippen molar-refractivity contribution in [2.24, 2.45) is 0 Å². The molecule has 0 aliphatic carbocycles. The quantitative estimate of drug-likeness (QED) is 0.560. The zero-order chi connectivity index (χ0) is 19.5. The van der Waals surface area contributed by atoms with Crippen LogP contribution >= 0.6 is 0 Å². The third-order valence-corrected chi connectivity index (χ3v) is 4.98. The molecule has 142 valence electrons. The van der Waals surface area contributed by atoms with E-state index in [2.05, 4.69) is 26.4 Å². The number of hydrogen-bond acceptors (Lipinski definition) is 3. The van der Waals surface area contributed by atoms with Gasteiger partial charge in [-0.05, 0) is 42.1 Å². The second-order valence-corrected chi connectivity index (χ2v) is 6.76. The van der Waals surface area contributed by atoms with Crippen molar-refractivity contribution in [3.63, 3.8) is 0 Å². The summed E-state index contributed by atoms with van der Waals surface area (Å²) >= 11 is 0. The molecule has 7 heteroatoms. The molecule has 4 rings (SSSR count). The molecule has 2 amide bonds. The van der Waals surface area contributed by atoms with E-state index in [1.807, 2.05) is 55.5 Å². The van der Waals surface area contributed by atoms with Crippen molar-refractivity contribution in [1.82, 2.24) is 30.0 Å². The Hall–Kier alpha value is -3.61. The van der Waals surface area contributed by atoms with Crippen LogP contribution in [0.15, 0.2) is 67.3 Å². The average molecular weight is 374 g/mol. The van der Waals surface area contributed by atoms with E-state index in [1.165, 1.54) is 6.33 Å². The van der Waals surface area contributed by atoms with Crippen molar-refractivity contribution in [3.8, 4) is 5.69 Å². The van der Waals surface area contributed by atoms with Gasteiger partial charge in [0.15, 0.2) is 0 Å². The van der Waals surface area contributed by atoms with E-state index in [9.17, 15) is 4.79 Å². The lowest BCUT2D eigenvalue weighted by Gasteiger charge is -2.25. The van der Waals surface area contributed by atoms with Crippen molar-refractivity contribution < 1.29 is 4.79 Å². The van der Waals surface area contributed by atoms with Gasteiger partial charge in [0.2, 0.25) is 0 Å². The average Bonchev–Trinajstić information content (AvgIpc) is 3.40. The van der Waals surface area contributed by atoms with Crippen LogP contribution in [0.2, 0.25) is 0 Å². The normalized spacial score (nSPS) is 12.1. The molecule has 4 aromatic rings. The van der Waals surface area contributed by atoms with Crippen molar-refractivity contribution in [3.05, 3.63) is 78.5 Å². The van der Waals surface area contributed by atoms with Gasteiger partial charge in [-0.2, -0.15) is 5.10 Å². The fourth-order valence-electron chi connectivity index (χ4n) is 3.17. The Bertz CT molecular complexity index is 1030. The molecule has 0 spiro atoms. The van der Waals surface area contributed by atoms with Crippen LogP contribution in [0.5, 0.6) is 0 Å². The summed E-state index contributed by atoms with van der Waals surface area (Å²) < 4.78 is 1.70. The second kappa shape index (κ2) is 7.56. The lowest BCUT2D eigenvalue weighted by atomic mass is 10.1. The van der Waals surface area contributed by atoms with E-state index in [4.69, 9.17) is 0 Å². The highest BCUT2D eigenvalue weighted by Crippen LogP contribution is 2.20. The molecule has 0 saturated carbocycles. The molecular weight excluding hydrogens is 352 g/mol. The highest BCUT2D eigenvalue weighted by molar-refractivity contribution is 5.80. The number of urea groups is 1. The van der Waals surface area contributed by atoms with Gasteiger partial charge in [0.25, 0.3) is 0 Å². The minimum Gasteiger partial charge on any atom is -0.357 e. The third-order valence-electron chi connectivity index (χ3n) is 4.98. The van der Waals surface area contributed by atoms with Gasteiger partial charge in [-0.25, -0.2) is 14.5 Å². The summed E-state index contributed by atoms with van der Waals surface area (Å²) in [6.45, 7) is 2.46. The molecule has 0 aliphatic rings. The van der Waals surface area contributed by atoms with Gasteiger partial charge in [0.05, 0.1) is 18.3 Å². The van der Waals surface area contributed by atoms with Crippen LogP contribution in [0.1, 0.15) is 24.2 Å². The summed E-state index contributed by atoms with van der Waals surface area (Å²) in [5.74, 6) is 0. The number of carbonyl (C=O) groups is 1. The first-order valence-corrected chi connectivity index (χ1v) is 9.14. The molecular formula is C21H22N6O. The Kier molecular flexibility index (Phi) is 4.80. The minimum absolute atomic E-state index is 0.0625. The molecule has 0 bridgehead atoms.